The first-order valence-corrected chi connectivity index (χ1v) is 15.4. The number of aryl methyl sites for hydroxylation is 5. The zero-order valence-electron chi connectivity index (χ0n) is 25.7. The van der Waals surface area contributed by atoms with E-state index in [1.54, 1.807) is 39.2 Å². The van der Waals surface area contributed by atoms with Gasteiger partial charge in [0.2, 0.25) is 0 Å². The first kappa shape index (κ1) is 32.1. The van der Waals surface area contributed by atoms with E-state index in [4.69, 9.17) is 13.9 Å². The van der Waals surface area contributed by atoms with Gasteiger partial charge in [0.15, 0.2) is 0 Å². The molecule has 45 heavy (non-hydrogen) atoms. The van der Waals surface area contributed by atoms with Crippen LogP contribution < -0.4 is 19.8 Å². The molecule has 11 heteroatoms. The highest BCUT2D eigenvalue weighted by Crippen LogP contribution is 2.41. The van der Waals surface area contributed by atoms with Crippen molar-refractivity contribution in [2.75, 3.05) is 19.8 Å². The lowest BCUT2D eigenvalue weighted by atomic mass is 10.00. The average molecular weight is 634 g/mol. The summed E-state index contributed by atoms with van der Waals surface area (Å²) in [5.74, 6) is 1.76. The lowest BCUT2D eigenvalue weighted by Gasteiger charge is -2.17. The van der Waals surface area contributed by atoms with Crippen LogP contribution >= 0.6 is 0 Å². The third-order valence-corrected chi connectivity index (χ3v) is 7.98. The number of ether oxygens (including phenoxy) is 2. The quantitative estimate of drug-likeness (QED) is 0.173. The molecule has 2 aromatic heterocycles. The maximum absolute atomic E-state index is 14.1. The van der Waals surface area contributed by atoms with Crippen molar-refractivity contribution in [3.8, 4) is 39.7 Å². The number of pyridine rings is 1. The number of halogens is 1. The van der Waals surface area contributed by atoms with Crippen LogP contribution in [0.1, 0.15) is 27.8 Å². The number of benzene rings is 3. The molecule has 5 aromatic rings. The number of aromatic nitrogens is 1. The second-order valence-electron chi connectivity index (χ2n) is 11.0. The summed E-state index contributed by atoms with van der Waals surface area (Å²) in [7, 11) is 1.66. The van der Waals surface area contributed by atoms with Crippen molar-refractivity contribution < 1.29 is 32.1 Å². The van der Waals surface area contributed by atoms with Crippen molar-refractivity contribution >= 4 is 22.2 Å². The Kier molecular flexibility index (Phi) is 9.54. The predicted octanol–water partition coefficient (Wildman–Crippen LogP) is 5.93. The molecule has 0 saturated carbocycles. The van der Waals surface area contributed by atoms with Crippen LogP contribution in [-0.2, 0) is 24.7 Å². The van der Waals surface area contributed by atoms with Gasteiger partial charge in [-0.1, -0.05) is 6.07 Å². The van der Waals surface area contributed by atoms with Gasteiger partial charge in [0.1, 0.15) is 41.0 Å². The zero-order chi connectivity index (χ0) is 32.4. The summed E-state index contributed by atoms with van der Waals surface area (Å²) >= 11 is -2.39. The molecule has 236 valence electrons. The molecule has 0 aliphatic rings. The maximum Gasteiger partial charge on any atom is 0.261 e. The lowest BCUT2D eigenvalue weighted by molar-refractivity contribution is 0.200. The smallest absolute Gasteiger partial charge is 0.261 e. The van der Waals surface area contributed by atoms with Crippen LogP contribution in [0.25, 0.3) is 33.4 Å². The van der Waals surface area contributed by atoms with Gasteiger partial charge in [0.25, 0.3) is 5.56 Å². The van der Waals surface area contributed by atoms with E-state index >= 15 is 0 Å². The fraction of sp³-hybridized carbons (Fsp3) is 0.265. The zero-order valence-corrected chi connectivity index (χ0v) is 26.5. The van der Waals surface area contributed by atoms with Crippen LogP contribution in [0.4, 0.5) is 4.39 Å². The van der Waals surface area contributed by atoms with E-state index in [2.05, 4.69) is 4.72 Å². The summed E-state index contributed by atoms with van der Waals surface area (Å²) in [5, 5.41) is 9.56. The Labute approximate surface area is 262 Å². The Morgan fingerprint density at radius 3 is 2.29 bits per heavy atom. The molecule has 5 rings (SSSR count). The number of rotatable bonds is 11. The maximum atomic E-state index is 14.1. The largest absolute Gasteiger partial charge is 0.760 e. The fourth-order valence-corrected chi connectivity index (χ4v) is 5.80. The van der Waals surface area contributed by atoms with Gasteiger partial charge in [0, 0.05) is 47.7 Å². The molecule has 1 unspecified atom stereocenters. The number of aliphatic hydroxyl groups excluding tert-OH is 1. The van der Waals surface area contributed by atoms with Gasteiger partial charge in [-0.05, 0) is 104 Å². The molecular formula is C34H34FN2O7S-. The van der Waals surface area contributed by atoms with E-state index in [0.717, 1.165) is 22.3 Å². The number of nitrogens with one attached hydrogen (secondary N) is 1. The Morgan fingerprint density at radius 1 is 0.978 bits per heavy atom. The summed E-state index contributed by atoms with van der Waals surface area (Å²) in [6.07, 6.45) is 2.08. The Hall–Kier alpha value is -4.29. The van der Waals surface area contributed by atoms with Crippen molar-refractivity contribution in [3.05, 3.63) is 98.7 Å². The average Bonchev–Trinajstić information content (AvgIpc) is 3.43. The summed E-state index contributed by atoms with van der Waals surface area (Å²) in [5.41, 5.74) is 5.83. The van der Waals surface area contributed by atoms with Gasteiger partial charge < -0.3 is 28.1 Å². The Balaban J connectivity index is 1.68. The van der Waals surface area contributed by atoms with Crippen LogP contribution in [0.3, 0.4) is 0 Å². The van der Waals surface area contributed by atoms with Crippen LogP contribution in [0, 0.1) is 33.5 Å². The molecule has 0 aliphatic carbocycles. The molecule has 0 fully saturated rings. The standard InChI is InChI=1S/C34H35FN2O7S/c1-19-12-24(13-20(2)31(19)42-11-10-38)30-17-27-33(44-30)28(18-37(5)34(27)39)26-16-23(8-9-36-45(40)41)6-7-29(26)43-32-21(3)14-25(35)15-22(32)4/h6-7,12-18,36,38H,8-11H2,1-5H3,(H,40,41)/p-1. The molecule has 2 N–H and O–H groups in total. The highest BCUT2D eigenvalue weighted by molar-refractivity contribution is 7.77. The van der Waals surface area contributed by atoms with Crippen LogP contribution in [0.5, 0.6) is 17.2 Å². The number of nitrogens with zero attached hydrogens (tertiary/aromatic N) is 1. The first-order chi connectivity index (χ1) is 21.5. The third-order valence-electron chi connectivity index (χ3n) is 7.54. The summed E-state index contributed by atoms with van der Waals surface area (Å²) < 4.78 is 58.6. The molecule has 9 nitrogen and oxygen atoms in total. The molecule has 0 bridgehead atoms. The normalized spacial score (nSPS) is 12.1. The fourth-order valence-electron chi connectivity index (χ4n) is 5.53. The van der Waals surface area contributed by atoms with E-state index in [1.807, 2.05) is 38.1 Å². The third kappa shape index (κ3) is 6.86. The van der Waals surface area contributed by atoms with Gasteiger partial charge >= 0.3 is 0 Å². The van der Waals surface area contributed by atoms with Gasteiger partial charge in [-0.25, -0.2) is 9.11 Å². The molecule has 1 atom stereocenters. The van der Waals surface area contributed by atoms with Gasteiger partial charge in [0.05, 0.1) is 12.0 Å². The minimum Gasteiger partial charge on any atom is -0.760 e. The van der Waals surface area contributed by atoms with Crippen LogP contribution in [0.15, 0.2) is 63.9 Å². The van der Waals surface area contributed by atoms with Crippen molar-refractivity contribution in [2.45, 2.75) is 34.1 Å². The molecular weight excluding hydrogens is 599 g/mol. The minimum atomic E-state index is -2.39. The van der Waals surface area contributed by atoms with Gasteiger partial charge in [-0.3, -0.25) is 9.00 Å². The molecule has 0 amide bonds. The van der Waals surface area contributed by atoms with Gasteiger partial charge in [-0.15, -0.1) is 0 Å². The van der Waals surface area contributed by atoms with E-state index < -0.39 is 11.3 Å². The monoisotopic (exact) mass is 633 g/mol. The second kappa shape index (κ2) is 13.4. The van der Waals surface area contributed by atoms with E-state index in [1.165, 1.54) is 16.7 Å². The highest BCUT2D eigenvalue weighted by Gasteiger charge is 2.21. The minimum absolute atomic E-state index is 0.0991. The van der Waals surface area contributed by atoms with Crippen molar-refractivity contribution in [2.24, 2.45) is 7.05 Å². The molecule has 3 aromatic carbocycles. The number of hydrogen-bond acceptors (Lipinski definition) is 7. The Bertz CT molecular complexity index is 1940. The molecule has 0 radical (unpaired) electrons. The summed E-state index contributed by atoms with van der Waals surface area (Å²) in [6, 6.07) is 13.8. The molecule has 0 saturated heterocycles. The van der Waals surface area contributed by atoms with Crippen molar-refractivity contribution in [1.29, 1.82) is 0 Å². The Morgan fingerprint density at radius 2 is 1.64 bits per heavy atom. The highest BCUT2D eigenvalue weighted by atomic mass is 32.2. The van der Waals surface area contributed by atoms with Crippen molar-refractivity contribution in [1.82, 2.24) is 9.29 Å². The van der Waals surface area contributed by atoms with E-state index in [0.29, 0.717) is 62.7 Å². The van der Waals surface area contributed by atoms with Crippen LogP contribution in [-0.4, -0.2) is 38.2 Å². The molecule has 2 heterocycles. The summed E-state index contributed by atoms with van der Waals surface area (Å²) in [6.45, 7) is 7.61. The molecule has 0 spiro atoms. The predicted molar refractivity (Wildman–Crippen MR) is 171 cm³/mol. The number of hydrogen-bond donors (Lipinski definition) is 2. The lowest BCUT2D eigenvalue weighted by Crippen LogP contribution is -2.19. The number of fused-ring (bicyclic) bond motifs is 1. The number of furan rings is 1. The van der Waals surface area contributed by atoms with Crippen LogP contribution in [0.2, 0.25) is 0 Å². The van der Waals surface area contributed by atoms with Crippen molar-refractivity contribution in [3.63, 3.8) is 0 Å². The van der Waals surface area contributed by atoms with E-state index in [-0.39, 0.29) is 31.1 Å². The number of aliphatic hydroxyl groups is 1. The molecule has 0 aliphatic heterocycles. The SMILES string of the molecule is Cc1cc(-c2cc3c(=O)n(C)cc(-c4cc(CCNS(=O)[O-])ccc4Oc4c(C)cc(F)cc4C)c3o2)cc(C)c1OCCO. The first-order valence-electron chi connectivity index (χ1n) is 14.4. The van der Waals surface area contributed by atoms with E-state index in [9.17, 15) is 23.1 Å². The second-order valence-corrected chi connectivity index (χ2v) is 11.8. The topological polar surface area (TPSA) is 126 Å². The summed E-state index contributed by atoms with van der Waals surface area (Å²) in [4.78, 5) is 13.4. The van der Waals surface area contributed by atoms with Gasteiger partial charge in [-0.2, -0.15) is 0 Å².